The van der Waals surface area contributed by atoms with Gasteiger partial charge in [-0.2, -0.15) is 0 Å². The van der Waals surface area contributed by atoms with Gasteiger partial charge < -0.3 is 4.74 Å². The summed E-state index contributed by atoms with van der Waals surface area (Å²) in [5.74, 6) is -0.144. The van der Waals surface area contributed by atoms with Crippen molar-refractivity contribution in [3.8, 4) is 5.75 Å². The molecule has 3 nitrogen and oxygen atoms in total. The van der Waals surface area contributed by atoms with Gasteiger partial charge in [-0.25, -0.2) is 5.01 Å². The number of nitrogens with zero attached hydrogens (tertiary/aromatic N) is 1. The fourth-order valence-electron chi connectivity index (χ4n) is 2.78. The third kappa shape index (κ3) is 4.61. The predicted molar refractivity (Wildman–Crippen MR) is 74.6 cm³/mol. The second kappa shape index (κ2) is 6.66. The first kappa shape index (κ1) is 16.1. The number of hydrazine groups is 1. The van der Waals surface area contributed by atoms with E-state index in [1.54, 1.807) is 12.1 Å². The Labute approximate surface area is 123 Å². The van der Waals surface area contributed by atoms with Crippen LogP contribution in [0, 0.1) is 0 Å². The number of benzene rings is 1. The fourth-order valence-corrected chi connectivity index (χ4v) is 2.78. The summed E-state index contributed by atoms with van der Waals surface area (Å²) < 4.78 is 41.2. The molecule has 2 unspecified atom stereocenters. The molecule has 1 aromatic rings. The standard InChI is InChI=1S/C15H21F3N2O/c1-11-6-5-7-12(2)20(11)19-10-13-8-3-4-9-14(13)21-15(16,17)18/h3-4,8-9,11-12,19H,5-7,10H2,1-2H3. The van der Waals surface area contributed by atoms with E-state index in [0.29, 0.717) is 24.2 Å². The number of ether oxygens (including phenoxy) is 1. The fraction of sp³-hybridized carbons (Fsp3) is 0.600. The van der Waals surface area contributed by atoms with Crippen molar-refractivity contribution in [1.29, 1.82) is 0 Å². The molecule has 6 heteroatoms. The lowest BCUT2D eigenvalue weighted by molar-refractivity contribution is -0.274. The minimum atomic E-state index is -4.66. The van der Waals surface area contributed by atoms with Gasteiger partial charge in [0.25, 0.3) is 0 Å². The predicted octanol–water partition coefficient (Wildman–Crippen LogP) is 3.85. The zero-order chi connectivity index (χ0) is 15.5. The van der Waals surface area contributed by atoms with Crippen molar-refractivity contribution >= 4 is 0 Å². The number of halogens is 3. The lowest BCUT2D eigenvalue weighted by atomic mass is 10.00. The minimum Gasteiger partial charge on any atom is -0.405 e. The highest BCUT2D eigenvalue weighted by atomic mass is 19.4. The zero-order valence-electron chi connectivity index (χ0n) is 12.3. The van der Waals surface area contributed by atoms with Crippen molar-refractivity contribution in [2.24, 2.45) is 0 Å². The Hall–Kier alpha value is -1.27. The molecule has 0 amide bonds. The van der Waals surface area contributed by atoms with Crippen molar-refractivity contribution in [1.82, 2.24) is 10.4 Å². The molecule has 118 valence electrons. The third-order valence-electron chi connectivity index (χ3n) is 3.84. The highest BCUT2D eigenvalue weighted by molar-refractivity contribution is 5.33. The smallest absolute Gasteiger partial charge is 0.405 e. The van der Waals surface area contributed by atoms with Crippen LogP contribution in [0.1, 0.15) is 38.7 Å². The number of hydrogen-bond donors (Lipinski definition) is 1. The van der Waals surface area contributed by atoms with Gasteiger partial charge in [-0.15, -0.1) is 13.2 Å². The Morgan fingerprint density at radius 3 is 2.43 bits per heavy atom. The second-order valence-electron chi connectivity index (χ2n) is 5.53. The van der Waals surface area contributed by atoms with Crippen LogP contribution >= 0.6 is 0 Å². The van der Waals surface area contributed by atoms with Crippen LogP contribution < -0.4 is 10.2 Å². The van der Waals surface area contributed by atoms with Gasteiger partial charge in [-0.05, 0) is 32.8 Å². The van der Waals surface area contributed by atoms with E-state index in [-0.39, 0.29) is 5.75 Å². The van der Waals surface area contributed by atoms with Gasteiger partial charge in [-0.1, -0.05) is 24.6 Å². The number of para-hydroxylation sites is 1. The molecular weight excluding hydrogens is 281 g/mol. The highest BCUT2D eigenvalue weighted by Gasteiger charge is 2.32. The largest absolute Gasteiger partial charge is 0.573 e. The van der Waals surface area contributed by atoms with Crippen LogP contribution in [0.3, 0.4) is 0 Å². The molecule has 1 aliphatic rings. The molecule has 0 spiro atoms. The molecular formula is C15H21F3N2O. The lowest BCUT2D eigenvalue weighted by Crippen LogP contribution is -2.51. The summed E-state index contributed by atoms with van der Waals surface area (Å²) in [7, 11) is 0. The second-order valence-corrected chi connectivity index (χ2v) is 5.53. The number of nitrogens with one attached hydrogen (secondary N) is 1. The molecule has 1 aromatic carbocycles. The summed E-state index contributed by atoms with van der Waals surface area (Å²) >= 11 is 0. The molecule has 21 heavy (non-hydrogen) atoms. The van der Waals surface area contributed by atoms with Crippen LogP contribution in [0.2, 0.25) is 0 Å². The number of alkyl halides is 3. The van der Waals surface area contributed by atoms with E-state index in [1.807, 2.05) is 0 Å². The van der Waals surface area contributed by atoms with E-state index in [4.69, 9.17) is 0 Å². The van der Waals surface area contributed by atoms with Crippen molar-refractivity contribution < 1.29 is 17.9 Å². The minimum absolute atomic E-state index is 0.144. The van der Waals surface area contributed by atoms with Gasteiger partial charge in [0.2, 0.25) is 0 Å². The van der Waals surface area contributed by atoms with Crippen LogP contribution in [0.5, 0.6) is 5.75 Å². The van der Waals surface area contributed by atoms with E-state index < -0.39 is 6.36 Å². The molecule has 1 N–H and O–H groups in total. The number of hydrogen-bond acceptors (Lipinski definition) is 3. The molecule has 0 radical (unpaired) electrons. The van der Waals surface area contributed by atoms with E-state index in [2.05, 4.69) is 29.0 Å². The monoisotopic (exact) mass is 302 g/mol. The summed E-state index contributed by atoms with van der Waals surface area (Å²) in [5, 5.41) is 2.13. The van der Waals surface area contributed by atoms with E-state index >= 15 is 0 Å². The number of piperidine rings is 1. The SMILES string of the molecule is CC1CCCC(C)N1NCc1ccccc1OC(F)(F)F. The lowest BCUT2D eigenvalue weighted by Gasteiger charge is -2.39. The molecule has 0 aromatic heterocycles. The number of rotatable bonds is 4. The van der Waals surface area contributed by atoms with Gasteiger partial charge in [0.05, 0.1) is 0 Å². The summed E-state index contributed by atoms with van der Waals surface area (Å²) in [5.41, 5.74) is 3.75. The quantitative estimate of drug-likeness (QED) is 0.914. The Morgan fingerprint density at radius 1 is 1.19 bits per heavy atom. The molecule has 0 bridgehead atoms. The van der Waals surface area contributed by atoms with Crippen molar-refractivity contribution in [2.75, 3.05) is 0 Å². The normalized spacial score (nSPS) is 24.0. The van der Waals surface area contributed by atoms with Gasteiger partial charge in [0, 0.05) is 24.2 Å². The van der Waals surface area contributed by atoms with Gasteiger partial charge in [0.1, 0.15) is 5.75 Å². The summed E-state index contributed by atoms with van der Waals surface area (Å²) in [6.45, 7) is 4.57. The average molecular weight is 302 g/mol. The third-order valence-corrected chi connectivity index (χ3v) is 3.84. The van der Waals surface area contributed by atoms with E-state index in [1.165, 1.54) is 18.6 Å². The highest BCUT2D eigenvalue weighted by Crippen LogP contribution is 2.27. The van der Waals surface area contributed by atoms with Crippen LogP contribution in [0.15, 0.2) is 24.3 Å². The van der Waals surface area contributed by atoms with E-state index in [0.717, 1.165) is 12.8 Å². The molecule has 0 aliphatic carbocycles. The summed E-state index contributed by atoms with van der Waals surface area (Å²) in [6.07, 6.45) is -1.29. The van der Waals surface area contributed by atoms with Crippen LogP contribution in [-0.2, 0) is 6.54 Å². The molecule has 0 saturated carbocycles. The topological polar surface area (TPSA) is 24.5 Å². The van der Waals surface area contributed by atoms with E-state index in [9.17, 15) is 13.2 Å². The molecule has 2 atom stereocenters. The van der Waals surface area contributed by atoms with Crippen molar-refractivity contribution in [3.63, 3.8) is 0 Å². The first-order chi connectivity index (χ1) is 9.87. The molecule has 1 fully saturated rings. The average Bonchev–Trinajstić information content (AvgIpc) is 2.38. The molecule has 2 rings (SSSR count). The van der Waals surface area contributed by atoms with Crippen LogP contribution in [0.25, 0.3) is 0 Å². The first-order valence-electron chi connectivity index (χ1n) is 7.22. The van der Waals surface area contributed by atoms with Gasteiger partial charge >= 0.3 is 6.36 Å². The van der Waals surface area contributed by atoms with Crippen molar-refractivity contribution in [2.45, 2.75) is 58.1 Å². The maximum absolute atomic E-state index is 12.4. The Morgan fingerprint density at radius 2 is 1.81 bits per heavy atom. The maximum atomic E-state index is 12.4. The molecule has 1 aliphatic heterocycles. The Bertz CT molecular complexity index is 454. The molecule has 1 heterocycles. The maximum Gasteiger partial charge on any atom is 0.573 e. The van der Waals surface area contributed by atoms with Gasteiger partial charge in [0.15, 0.2) is 0 Å². The van der Waals surface area contributed by atoms with Crippen LogP contribution in [-0.4, -0.2) is 23.5 Å². The Balaban J connectivity index is 2.02. The zero-order valence-corrected chi connectivity index (χ0v) is 12.3. The van der Waals surface area contributed by atoms with Crippen molar-refractivity contribution in [3.05, 3.63) is 29.8 Å². The molecule has 1 saturated heterocycles. The summed E-state index contributed by atoms with van der Waals surface area (Å²) in [4.78, 5) is 0. The van der Waals surface area contributed by atoms with Gasteiger partial charge in [-0.3, -0.25) is 5.43 Å². The Kier molecular flexibility index (Phi) is 5.11. The summed E-state index contributed by atoms with van der Waals surface area (Å²) in [6, 6.07) is 7.00. The first-order valence-corrected chi connectivity index (χ1v) is 7.22. The van der Waals surface area contributed by atoms with Crippen LogP contribution in [0.4, 0.5) is 13.2 Å².